The number of guanidine groups is 1. The maximum absolute atomic E-state index is 11.5. The van der Waals surface area contributed by atoms with Crippen LogP contribution in [0, 0.1) is 11.3 Å². The number of aliphatic imine (C=N–C) groups is 1. The largest absolute Gasteiger partial charge is 0.357 e. The van der Waals surface area contributed by atoms with Crippen LogP contribution in [0.2, 0.25) is 0 Å². The second-order valence-corrected chi connectivity index (χ2v) is 9.70. The molecule has 1 heterocycles. The summed E-state index contributed by atoms with van der Waals surface area (Å²) in [4.78, 5) is 4.71. The van der Waals surface area contributed by atoms with Crippen molar-refractivity contribution in [3.8, 4) is 0 Å². The summed E-state index contributed by atoms with van der Waals surface area (Å²) >= 11 is 0. The molecule has 5 nitrogen and oxygen atoms in total. The van der Waals surface area contributed by atoms with Crippen molar-refractivity contribution in [1.82, 2.24) is 10.6 Å². The predicted octanol–water partition coefficient (Wildman–Crippen LogP) is 3.20. The molecule has 1 fully saturated rings. The molecule has 0 radical (unpaired) electrons. The van der Waals surface area contributed by atoms with Crippen molar-refractivity contribution in [3.63, 3.8) is 0 Å². The molecule has 0 aromatic rings. The molecule has 0 saturated carbocycles. The first kappa shape index (κ1) is 23.9. The molecule has 0 aromatic carbocycles. The highest BCUT2D eigenvalue weighted by atomic mass is 127. The zero-order valence-corrected chi connectivity index (χ0v) is 18.9. The lowest BCUT2D eigenvalue weighted by Gasteiger charge is -2.23. The van der Waals surface area contributed by atoms with E-state index < -0.39 is 9.84 Å². The standard InChI is InChI=1S/C17H35N3O2S.HI/c1-5-7-8-10-17(3,4)14-20-16(18-6-2)19-12-15-9-11-23(21,22)13-15;/h15H,5-14H2,1-4H3,(H2,18,19,20);1H. The van der Waals surface area contributed by atoms with Crippen LogP contribution in [-0.2, 0) is 9.84 Å². The van der Waals surface area contributed by atoms with Gasteiger partial charge in [0.2, 0.25) is 0 Å². The monoisotopic (exact) mass is 473 g/mol. The fraction of sp³-hybridized carbons (Fsp3) is 0.941. The number of rotatable bonds is 9. The lowest BCUT2D eigenvalue weighted by molar-refractivity contribution is 0.332. The molecule has 1 saturated heterocycles. The van der Waals surface area contributed by atoms with Gasteiger partial charge in [-0.25, -0.2) is 8.42 Å². The molecule has 0 bridgehead atoms. The Balaban J connectivity index is 0.00000529. The molecule has 2 N–H and O–H groups in total. The number of halogens is 1. The normalized spacial score (nSPS) is 20.5. The van der Waals surface area contributed by atoms with E-state index in [2.05, 4.69) is 31.4 Å². The van der Waals surface area contributed by atoms with Crippen LogP contribution in [0.15, 0.2) is 4.99 Å². The molecule has 144 valence electrons. The van der Waals surface area contributed by atoms with E-state index in [1.165, 1.54) is 25.7 Å². The lowest BCUT2D eigenvalue weighted by Crippen LogP contribution is -2.40. The Morgan fingerprint density at radius 1 is 1.21 bits per heavy atom. The van der Waals surface area contributed by atoms with Crippen molar-refractivity contribution in [2.24, 2.45) is 16.3 Å². The van der Waals surface area contributed by atoms with Gasteiger partial charge in [-0.05, 0) is 31.1 Å². The van der Waals surface area contributed by atoms with Gasteiger partial charge in [0.15, 0.2) is 15.8 Å². The summed E-state index contributed by atoms with van der Waals surface area (Å²) in [5, 5.41) is 6.57. The molecule has 1 rings (SSSR count). The highest BCUT2D eigenvalue weighted by Crippen LogP contribution is 2.24. The van der Waals surface area contributed by atoms with Gasteiger partial charge in [0.05, 0.1) is 11.5 Å². The third-order valence-corrected chi connectivity index (χ3v) is 6.19. The third kappa shape index (κ3) is 10.1. The summed E-state index contributed by atoms with van der Waals surface area (Å²) in [6.45, 7) is 11.1. The van der Waals surface area contributed by atoms with Crippen LogP contribution in [0.3, 0.4) is 0 Å². The van der Waals surface area contributed by atoms with Gasteiger partial charge in [0.1, 0.15) is 0 Å². The highest BCUT2D eigenvalue weighted by Gasteiger charge is 2.27. The Labute approximate surface area is 165 Å². The van der Waals surface area contributed by atoms with Gasteiger partial charge in [-0.15, -0.1) is 24.0 Å². The van der Waals surface area contributed by atoms with Crippen LogP contribution in [0.5, 0.6) is 0 Å². The van der Waals surface area contributed by atoms with E-state index in [4.69, 9.17) is 4.99 Å². The summed E-state index contributed by atoms with van der Waals surface area (Å²) in [7, 11) is -2.80. The molecule has 1 unspecified atom stereocenters. The fourth-order valence-corrected chi connectivity index (χ4v) is 4.70. The van der Waals surface area contributed by atoms with Gasteiger partial charge >= 0.3 is 0 Å². The zero-order valence-electron chi connectivity index (χ0n) is 15.7. The fourth-order valence-electron chi connectivity index (χ4n) is 2.84. The maximum Gasteiger partial charge on any atom is 0.191 e. The minimum absolute atomic E-state index is 0. The second kappa shape index (κ2) is 11.5. The van der Waals surface area contributed by atoms with E-state index in [9.17, 15) is 8.42 Å². The van der Waals surface area contributed by atoms with Gasteiger partial charge in [0, 0.05) is 19.6 Å². The highest BCUT2D eigenvalue weighted by molar-refractivity contribution is 14.0. The van der Waals surface area contributed by atoms with Gasteiger partial charge in [0.25, 0.3) is 0 Å². The topological polar surface area (TPSA) is 70.6 Å². The van der Waals surface area contributed by atoms with Crippen molar-refractivity contribution in [2.75, 3.05) is 31.1 Å². The number of hydrogen-bond acceptors (Lipinski definition) is 3. The minimum atomic E-state index is -2.80. The molecule has 24 heavy (non-hydrogen) atoms. The molecule has 1 atom stereocenters. The van der Waals surface area contributed by atoms with Crippen molar-refractivity contribution >= 4 is 39.8 Å². The van der Waals surface area contributed by atoms with Crippen LogP contribution in [-0.4, -0.2) is 45.5 Å². The summed E-state index contributed by atoms with van der Waals surface area (Å²) in [6, 6.07) is 0. The van der Waals surface area contributed by atoms with Gasteiger partial charge in [-0.2, -0.15) is 0 Å². The molecule has 0 amide bonds. The smallest absolute Gasteiger partial charge is 0.191 e. The summed E-state index contributed by atoms with van der Waals surface area (Å²) in [5.74, 6) is 1.65. The van der Waals surface area contributed by atoms with E-state index in [1.807, 2.05) is 6.92 Å². The van der Waals surface area contributed by atoms with Crippen molar-refractivity contribution in [3.05, 3.63) is 0 Å². The average Bonchev–Trinajstić information content (AvgIpc) is 2.81. The van der Waals surface area contributed by atoms with Crippen LogP contribution in [0.4, 0.5) is 0 Å². The van der Waals surface area contributed by atoms with Crippen LogP contribution in [0.25, 0.3) is 0 Å². The molecule has 1 aliphatic rings. The van der Waals surface area contributed by atoms with Crippen molar-refractivity contribution < 1.29 is 8.42 Å². The second-order valence-electron chi connectivity index (χ2n) is 7.47. The Hall–Kier alpha value is -0.0500. The van der Waals surface area contributed by atoms with E-state index in [0.29, 0.717) is 18.1 Å². The third-order valence-electron chi connectivity index (χ3n) is 4.35. The first-order chi connectivity index (χ1) is 10.8. The number of hydrogen-bond donors (Lipinski definition) is 2. The van der Waals surface area contributed by atoms with E-state index >= 15 is 0 Å². The van der Waals surface area contributed by atoms with Gasteiger partial charge < -0.3 is 10.6 Å². The molecule has 0 spiro atoms. The molecule has 0 aromatic heterocycles. The van der Waals surface area contributed by atoms with E-state index in [-0.39, 0.29) is 35.3 Å². The van der Waals surface area contributed by atoms with Crippen LogP contribution in [0.1, 0.15) is 59.8 Å². The number of sulfone groups is 1. The van der Waals surface area contributed by atoms with Gasteiger partial charge in [-0.3, -0.25) is 4.99 Å². The zero-order chi connectivity index (χ0) is 17.3. The summed E-state index contributed by atoms with van der Waals surface area (Å²) in [6.07, 6.45) is 5.72. The minimum Gasteiger partial charge on any atom is -0.357 e. The van der Waals surface area contributed by atoms with Crippen LogP contribution >= 0.6 is 24.0 Å². The summed E-state index contributed by atoms with van der Waals surface area (Å²) < 4.78 is 23.0. The molecule has 0 aliphatic carbocycles. The average molecular weight is 473 g/mol. The van der Waals surface area contributed by atoms with E-state index in [1.54, 1.807) is 0 Å². The SMILES string of the molecule is CCCCCC(C)(C)CN=C(NCC)NCC1CCS(=O)(=O)C1.I. The number of nitrogens with one attached hydrogen (secondary N) is 2. The molecule has 7 heteroatoms. The quantitative estimate of drug-likeness (QED) is 0.234. The Bertz CT molecular complexity index is 478. The van der Waals surface area contributed by atoms with Gasteiger partial charge in [-0.1, -0.05) is 40.0 Å². The Morgan fingerprint density at radius 2 is 1.92 bits per heavy atom. The molecular formula is C17H36IN3O2S. The van der Waals surface area contributed by atoms with Crippen molar-refractivity contribution in [2.45, 2.75) is 59.8 Å². The molecule has 1 aliphatic heterocycles. The Kier molecular flexibility index (Phi) is 11.5. The molecular weight excluding hydrogens is 437 g/mol. The Morgan fingerprint density at radius 3 is 2.46 bits per heavy atom. The predicted molar refractivity (Wildman–Crippen MR) is 114 cm³/mol. The number of unbranched alkanes of at least 4 members (excludes halogenated alkanes) is 2. The first-order valence-corrected chi connectivity index (χ1v) is 10.8. The summed E-state index contributed by atoms with van der Waals surface area (Å²) in [5.41, 5.74) is 0.203. The first-order valence-electron chi connectivity index (χ1n) is 9.00. The maximum atomic E-state index is 11.5. The van der Waals surface area contributed by atoms with Crippen LogP contribution < -0.4 is 10.6 Å². The number of nitrogens with zero attached hydrogens (tertiary/aromatic N) is 1. The van der Waals surface area contributed by atoms with E-state index in [0.717, 1.165) is 25.5 Å². The van der Waals surface area contributed by atoms with Crippen molar-refractivity contribution in [1.29, 1.82) is 0 Å². The lowest BCUT2D eigenvalue weighted by atomic mass is 9.87.